The number of halogens is 1. The summed E-state index contributed by atoms with van der Waals surface area (Å²) in [5.74, 6) is 0. The van der Waals surface area contributed by atoms with Gasteiger partial charge in [-0.3, -0.25) is 0 Å². The molecule has 70 valence electrons. The first-order valence-electron chi connectivity index (χ1n) is 4.56. The first-order valence-corrected chi connectivity index (χ1v) is 4.94. The Morgan fingerprint density at radius 1 is 1.46 bits per heavy atom. The first-order chi connectivity index (χ1) is 6.09. The Bertz CT molecular complexity index is 329. The van der Waals surface area contributed by atoms with Gasteiger partial charge in [-0.25, -0.2) is 0 Å². The molecule has 0 spiro atoms. The summed E-state index contributed by atoms with van der Waals surface area (Å²) in [4.78, 5) is 0. The highest BCUT2D eigenvalue weighted by molar-refractivity contribution is 6.30. The molecule has 1 aliphatic carbocycles. The summed E-state index contributed by atoms with van der Waals surface area (Å²) in [7, 11) is 0. The molecule has 1 aromatic carbocycles. The lowest BCUT2D eigenvalue weighted by molar-refractivity contribution is 0.151. The molecular formula is C11H13ClO. The maximum absolute atomic E-state index is 9.74. The molecule has 13 heavy (non-hydrogen) atoms. The van der Waals surface area contributed by atoms with Crippen LogP contribution in [0.3, 0.4) is 0 Å². The molecule has 0 radical (unpaired) electrons. The van der Waals surface area contributed by atoms with Crippen molar-refractivity contribution in [1.29, 1.82) is 0 Å². The minimum absolute atomic E-state index is 0.404. The van der Waals surface area contributed by atoms with Gasteiger partial charge < -0.3 is 5.11 Å². The van der Waals surface area contributed by atoms with Crippen LogP contribution < -0.4 is 0 Å². The number of hydrogen-bond donors (Lipinski definition) is 1. The number of aliphatic hydroxyl groups is 1. The van der Waals surface area contributed by atoms with Crippen LogP contribution in [0.25, 0.3) is 0 Å². The van der Waals surface area contributed by atoms with Crippen molar-refractivity contribution in [2.45, 2.75) is 31.8 Å². The van der Waals surface area contributed by atoms with Crippen LogP contribution >= 0.6 is 11.6 Å². The van der Waals surface area contributed by atoms with E-state index in [1.54, 1.807) is 0 Å². The summed E-state index contributed by atoms with van der Waals surface area (Å²) in [5.41, 5.74) is 1.98. The molecule has 0 atom stereocenters. The van der Waals surface area contributed by atoms with E-state index in [2.05, 4.69) is 0 Å². The van der Waals surface area contributed by atoms with Gasteiger partial charge in [0.25, 0.3) is 0 Å². The van der Waals surface area contributed by atoms with E-state index in [0.29, 0.717) is 0 Å². The van der Waals surface area contributed by atoms with Crippen LogP contribution in [0, 0.1) is 6.92 Å². The topological polar surface area (TPSA) is 20.2 Å². The van der Waals surface area contributed by atoms with Gasteiger partial charge in [-0.05, 0) is 43.0 Å². The van der Waals surface area contributed by atoms with Gasteiger partial charge in [0.15, 0.2) is 0 Å². The highest BCUT2D eigenvalue weighted by Gasteiger charge is 2.40. The zero-order valence-electron chi connectivity index (χ0n) is 7.68. The Morgan fingerprint density at radius 2 is 2.15 bits per heavy atom. The Kier molecular flexibility index (Phi) is 2.09. The summed E-state index contributed by atoms with van der Waals surface area (Å²) in [6.07, 6.45) is 2.65. The normalized spacial score (nSPS) is 18.7. The largest absolute Gasteiger partial charge is 0.390 e. The van der Waals surface area contributed by atoms with E-state index in [0.717, 1.165) is 24.3 Å². The van der Waals surface area contributed by atoms with Crippen LogP contribution in [0.5, 0.6) is 0 Å². The highest BCUT2D eigenvalue weighted by atomic mass is 35.5. The molecule has 0 aliphatic heterocycles. The molecule has 1 N–H and O–H groups in total. The number of benzene rings is 1. The number of rotatable bonds is 2. The van der Waals surface area contributed by atoms with Gasteiger partial charge in [-0.2, -0.15) is 0 Å². The molecule has 1 saturated carbocycles. The van der Waals surface area contributed by atoms with Crippen molar-refractivity contribution >= 4 is 11.6 Å². The second-order valence-electron chi connectivity index (χ2n) is 3.97. The van der Waals surface area contributed by atoms with Gasteiger partial charge in [0.2, 0.25) is 0 Å². The molecular weight excluding hydrogens is 184 g/mol. The van der Waals surface area contributed by atoms with Gasteiger partial charge in [0.05, 0.1) is 5.60 Å². The van der Waals surface area contributed by atoms with E-state index in [9.17, 15) is 5.11 Å². The maximum atomic E-state index is 9.74. The minimum atomic E-state index is -0.404. The van der Waals surface area contributed by atoms with Crippen molar-refractivity contribution in [1.82, 2.24) is 0 Å². The maximum Gasteiger partial charge on any atom is 0.0690 e. The fourth-order valence-corrected chi connectivity index (χ4v) is 1.76. The predicted molar refractivity (Wildman–Crippen MR) is 54.1 cm³/mol. The average molecular weight is 197 g/mol. The highest BCUT2D eigenvalue weighted by Crippen LogP contribution is 2.38. The SMILES string of the molecule is Cc1cc(Cl)ccc1CC1(O)CC1. The van der Waals surface area contributed by atoms with E-state index in [1.807, 2.05) is 25.1 Å². The third-order valence-corrected chi connectivity index (χ3v) is 2.89. The van der Waals surface area contributed by atoms with Crippen molar-refractivity contribution < 1.29 is 5.11 Å². The first kappa shape index (κ1) is 9.04. The fraction of sp³-hybridized carbons (Fsp3) is 0.455. The van der Waals surface area contributed by atoms with Gasteiger partial charge in [0.1, 0.15) is 0 Å². The van der Waals surface area contributed by atoms with Crippen LogP contribution in [0.4, 0.5) is 0 Å². The van der Waals surface area contributed by atoms with Crippen molar-refractivity contribution in [3.05, 3.63) is 34.3 Å². The minimum Gasteiger partial charge on any atom is -0.390 e. The fourth-order valence-electron chi connectivity index (χ4n) is 1.53. The zero-order valence-corrected chi connectivity index (χ0v) is 8.43. The second kappa shape index (κ2) is 3.00. The standard InChI is InChI=1S/C11H13ClO/c1-8-6-10(12)3-2-9(8)7-11(13)4-5-11/h2-3,6,13H,4-5,7H2,1H3. The molecule has 2 rings (SSSR count). The van der Waals surface area contributed by atoms with Crippen molar-refractivity contribution in [3.8, 4) is 0 Å². The van der Waals surface area contributed by atoms with Gasteiger partial charge in [0, 0.05) is 11.4 Å². The van der Waals surface area contributed by atoms with E-state index in [1.165, 1.54) is 11.1 Å². The molecule has 2 heteroatoms. The van der Waals surface area contributed by atoms with Crippen LogP contribution in [0.2, 0.25) is 5.02 Å². The van der Waals surface area contributed by atoms with Crippen molar-refractivity contribution in [2.24, 2.45) is 0 Å². The molecule has 0 aromatic heterocycles. The Labute approximate surface area is 83.3 Å². The third kappa shape index (κ3) is 2.04. The monoisotopic (exact) mass is 196 g/mol. The van der Waals surface area contributed by atoms with Crippen LogP contribution in [0.15, 0.2) is 18.2 Å². The number of aryl methyl sites for hydroxylation is 1. The third-order valence-electron chi connectivity index (χ3n) is 2.65. The lowest BCUT2D eigenvalue weighted by Gasteiger charge is -2.10. The van der Waals surface area contributed by atoms with Crippen molar-refractivity contribution in [2.75, 3.05) is 0 Å². The molecule has 1 nitrogen and oxygen atoms in total. The molecule has 0 bridgehead atoms. The molecule has 0 unspecified atom stereocenters. The zero-order chi connectivity index (χ0) is 9.47. The van der Waals surface area contributed by atoms with Gasteiger partial charge in [-0.15, -0.1) is 0 Å². The predicted octanol–water partition coefficient (Wildman–Crippen LogP) is 2.72. The van der Waals surface area contributed by atoms with E-state index >= 15 is 0 Å². The van der Waals surface area contributed by atoms with Gasteiger partial charge >= 0.3 is 0 Å². The lowest BCUT2D eigenvalue weighted by atomic mass is 10.0. The van der Waals surface area contributed by atoms with Crippen LogP contribution in [-0.4, -0.2) is 10.7 Å². The van der Waals surface area contributed by atoms with E-state index < -0.39 is 5.60 Å². The smallest absolute Gasteiger partial charge is 0.0690 e. The summed E-state index contributed by atoms with van der Waals surface area (Å²) < 4.78 is 0. The summed E-state index contributed by atoms with van der Waals surface area (Å²) in [6, 6.07) is 5.84. The average Bonchev–Trinajstić information content (AvgIpc) is 2.75. The lowest BCUT2D eigenvalue weighted by Crippen LogP contribution is -2.11. The van der Waals surface area contributed by atoms with Crippen LogP contribution in [-0.2, 0) is 6.42 Å². The molecule has 0 saturated heterocycles. The summed E-state index contributed by atoms with van der Waals surface area (Å²) in [5, 5.41) is 10.5. The molecule has 0 heterocycles. The Hall–Kier alpha value is -0.530. The van der Waals surface area contributed by atoms with E-state index in [4.69, 9.17) is 11.6 Å². The quantitative estimate of drug-likeness (QED) is 0.771. The Morgan fingerprint density at radius 3 is 2.69 bits per heavy atom. The number of hydrogen-bond acceptors (Lipinski definition) is 1. The van der Waals surface area contributed by atoms with Crippen LogP contribution in [0.1, 0.15) is 24.0 Å². The molecule has 1 aliphatic rings. The van der Waals surface area contributed by atoms with E-state index in [-0.39, 0.29) is 0 Å². The molecule has 1 fully saturated rings. The summed E-state index contributed by atoms with van der Waals surface area (Å²) >= 11 is 5.84. The summed E-state index contributed by atoms with van der Waals surface area (Å²) in [6.45, 7) is 2.03. The molecule has 1 aromatic rings. The van der Waals surface area contributed by atoms with Crippen molar-refractivity contribution in [3.63, 3.8) is 0 Å². The Balaban J connectivity index is 2.20. The van der Waals surface area contributed by atoms with Gasteiger partial charge in [-0.1, -0.05) is 17.7 Å². The molecule has 0 amide bonds. The second-order valence-corrected chi connectivity index (χ2v) is 4.41.